The zero-order chi connectivity index (χ0) is 20.2. The predicted octanol–water partition coefficient (Wildman–Crippen LogP) is 4.77. The van der Waals surface area contributed by atoms with Crippen molar-refractivity contribution in [3.8, 4) is 11.5 Å². The van der Waals surface area contributed by atoms with Crippen LogP contribution in [0.4, 0.5) is 0 Å². The van der Waals surface area contributed by atoms with E-state index < -0.39 is 0 Å². The maximum Gasteiger partial charge on any atom is 0.271 e. The molecule has 4 aromatic carbocycles. The van der Waals surface area contributed by atoms with Gasteiger partial charge in [-0.2, -0.15) is 5.10 Å². The van der Waals surface area contributed by atoms with Gasteiger partial charge in [0.25, 0.3) is 5.91 Å². The van der Waals surface area contributed by atoms with Gasteiger partial charge in [0.2, 0.25) is 0 Å². The molecule has 0 aliphatic carbocycles. The zero-order valence-electron chi connectivity index (χ0n) is 16.2. The second-order valence-electron chi connectivity index (χ2n) is 6.49. The summed E-state index contributed by atoms with van der Waals surface area (Å²) in [4.78, 5) is 12.7. The number of nitrogens with one attached hydrogen (secondary N) is 1. The number of methoxy groups -OCH3 is 2. The minimum Gasteiger partial charge on any atom is -0.497 e. The average molecular weight is 384 g/mol. The molecule has 4 aromatic rings. The number of hydrazone groups is 1. The summed E-state index contributed by atoms with van der Waals surface area (Å²) in [6.45, 7) is 0. The van der Waals surface area contributed by atoms with Gasteiger partial charge in [-0.05, 0) is 45.8 Å². The Kier molecular flexibility index (Phi) is 5.12. The number of ether oxygens (including phenoxy) is 2. The van der Waals surface area contributed by atoms with Crippen molar-refractivity contribution in [1.82, 2.24) is 5.43 Å². The molecule has 144 valence electrons. The molecule has 0 heterocycles. The molecule has 5 heteroatoms. The zero-order valence-corrected chi connectivity index (χ0v) is 16.2. The fraction of sp³-hybridized carbons (Fsp3) is 0.0833. The largest absolute Gasteiger partial charge is 0.497 e. The molecule has 0 saturated carbocycles. The van der Waals surface area contributed by atoms with Crippen molar-refractivity contribution < 1.29 is 14.3 Å². The van der Waals surface area contributed by atoms with Crippen LogP contribution in [0.5, 0.6) is 11.5 Å². The number of carbonyl (C=O) groups excluding carboxylic acids is 1. The lowest BCUT2D eigenvalue weighted by Gasteiger charge is -2.10. The molecular weight excluding hydrogens is 364 g/mol. The highest BCUT2D eigenvalue weighted by molar-refractivity contribution is 6.08. The smallest absolute Gasteiger partial charge is 0.271 e. The summed E-state index contributed by atoms with van der Waals surface area (Å²) in [6.07, 6.45) is 1.60. The second kappa shape index (κ2) is 8.02. The Hall–Kier alpha value is -3.86. The fourth-order valence-corrected chi connectivity index (χ4v) is 3.38. The number of hydrogen-bond acceptors (Lipinski definition) is 4. The van der Waals surface area contributed by atoms with Crippen LogP contribution in [0.2, 0.25) is 0 Å². The SMILES string of the molecule is COc1ccc2ccc(OC)c(/C=N\NC(=O)c3cccc4ccccc34)c2c1. The van der Waals surface area contributed by atoms with E-state index in [4.69, 9.17) is 9.47 Å². The van der Waals surface area contributed by atoms with Gasteiger partial charge in [0.1, 0.15) is 11.5 Å². The standard InChI is InChI=1S/C24H20N2O3/c1-28-18-12-10-17-11-13-23(29-2)22(21(17)14-18)15-25-26-24(27)20-9-5-7-16-6-3-4-8-19(16)20/h3-15H,1-2H3,(H,26,27)/b25-15-. The van der Waals surface area contributed by atoms with Gasteiger partial charge >= 0.3 is 0 Å². The third-order valence-corrected chi connectivity index (χ3v) is 4.84. The molecule has 29 heavy (non-hydrogen) atoms. The van der Waals surface area contributed by atoms with Crippen molar-refractivity contribution in [3.63, 3.8) is 0 Å². The molecule has 1 amide bonds. The lowest BCUT2D eigenvalue weighted by atomic mass is 10.0. The molecule has 0 aliphatic rings. The van der Waals surface area contributed by atoms with Crippen LogP contribution >= 0.6 is 0 Å². The van der Waals surface area contributed by atoms with Crippen LogP contribution in [0, 0.1) is 0 Å². The van der Waals surface area contributed by atoms with E-state index in [1.165, 1.54) is 0 Å². The molecule has 0 unspecified atom stereocenters. The molecule has 0 radical (unpaired) electrons. The second-order valence-corrected chi connectivity index (χ2v) is 6.49. The van der Waals surface area contributed by atoms with Crippen LogP contribution < -0.4 is 14.9 Å². The Morgan fingerprint density at radius 1 is 0.862 bits per heavy atom. The van der Waals surface area contributed by atoms with E-state index in [9.17, 15) is 4.79 Å². The van der Waals surface area contributed by atoms with E-state index in [1.54, 1.807) is 26.5 Å². The highest BCUT2D eigenvalue weighted by Gasteiger charge is 2.10. The summed E-state index contributed by atoms with van der Waals surface area (Å²) in [5, 5.41) is 8.03. The molecule has 0 saturated heterocycles. The molecular formula is C24H20N2O3. The summed E-state index contributed by atoms with van der Waals surface area (Å²) < 4.78 is 10.8. The van der Waals surface area contributed by atoms with E-state index in [0.29, 0.717) is 11.3 Å². The molecule has 1 N–H and O–H groups in total. The number of rotatable bonds is 5. The predicted molar refractivity (Wildman–Crippen MR) is 116 cm³/mol. The first-order valence-corrected chi connectivity index (χ1v) is 9.17. The van der Waals surface area contributed by atoms with Gasteiger partial charge < -0.3 is 9.47 Å². The summed E-state index contributed by atoms with van der Waals surface area (Å²) in [7, 11) is 3.23. The molecule has 5 nitrogen and oxygen atoms in total. The molecule has 0 atom stereocenters. The summed E-state index contributed by atoms with van der Waals surface area (Å²) in [5.41, 5.74) is 3.97. The number of benzene rings is 4. The molecule has 0 spiro atoms. The van der Waals surface area contributed by atoms with Crippen LogP contribution in [0.15, 0.2) is 77.9 Å². The number of carbonyl (C=O) groups is 1. The van der Waals surface area contributed by atoms with Gasteiger partial charge in [0, 0.05) is 11.1 Å². The Balaban J connectivity index is 1.67. The van der Waals surface area contributed by atoms with Gasteiger partial charge in [-0.15, -0.1) is 0 Å². The van der Waals surface area contributed by atoms with Crippen LogP contribution in [-0.4, -0.2) is 26.3 Å². The molecule has 0 aliphatic heterocycles. The molecule has 0 aromatic heterocycles. The Morgan fingerprint density at radius 2 is 1.62 bits per heavy atom. The summed E-state index contributed by atoms with van der Waals surface area (Å²) in [5.74, 6) is 1.13. The number of nitrogens with zero attached hydrogens (tertiary/aromatic N) is 1. The minimum atomic E-state index is -0.269. The van der Waals surface area contributed by atoms with Gasteiger partial charge in [0.15, 0.2) is 0 Å². The first-order chi connectivity index (χ1) is 14.2. The number of fused-ring (bicyclic) bond motifs is 2. The van der Waals surface area contributed by atoms with Crippen LogP contribution in [-0.2, 0) is 0 Å². The highest BCUT2D eigenvalue weighted by atomic mass is 16.5. The van der Waals surface area contributed by atoms with E-state index in [2.05, 4.69) is 10.5 Å². The first-order valence-electron chi connectivity index (χ1n) is 9.17. The molecule has 0 fully saturated rings. The quantitative estimate of drug-likeness (QED) is 0.398. The van der Waals surface area contributed by atoms with Crippen LogP contribution in [0.25, 0.3) is 21.5 Å². The Morgan fingerprint density at radius 3 is 2.45 bits per heavy atom. The number of amides is 1. The topological polar surface area (TPSA) is 59.9 Å². The van der Waals surface area contributed by atoms with Gasteiger partial charge in [-0.25, -0.2) is 5.43 Å². The monoisotopic (exact) mass is 384 g/mol. The lowest BCUT2D eigenvalue weighted by molar-refractivity contribution is 0.0957. The maximum absolute atomic E-state index is 12.7. The third kappa shape index (κ3) is 3.62. The third-order valence-electron chi connectivity index (χ3n) is 4.84. The van der Waals surface area contributed by atoms with Crippen LogP contribution in [0.1, 0.15) is 15.9 Å². The van der Waals surface area contributed by atoms with Crippen LogP contribution in [0.3, 0.4) is 0 Å². The van der Waals surface area contributed by atoms with Crippen molar-refractivity contribution >= 4 is 33.7 Å². The summed E-state index contributed by atoms with van der Waals surface area (Å²) in [6, 6.07) is 23.0. The maximum atomic E-state index is 12.7. The van der Waals surface area contributed by atoms with E-state index in [-0.39, 0.29) is 5.91 Å². The van der Waals surface area contributed by atoms with Crippen molar-refractivity contribution in [2.45, 2.75) is 0 Å². The minimum absolute atomic E-state index is 0.269. The molecule has 0 bridgehead atoms. The van der Waals surface area contributed by atoms with Gasteiger partial charge in [-0.3, -0.25) is 4.79 Å². The van der Waals surface area contributed by atoms with E-state index in [1.807, 2.05) is 66.7 Å². The normalized spacial score (nSPS) is 11.1. The molecule has 4 rings (SSSR count). The lowest BCUT2D eigenvalue weighted by Crippen LogP contribution is -2.18. The fourth-order valence-electron chi connectivity index (χ4n) is 3.38. The first kappa shape index (κ1) is 18.5. The summed E-state index contributed by atoms with van der Waals surface area (Å²) >= 11 is 0. The highest BCUT2D eigenvalue weighted by Crippen LogP contribution is 2.29. The van der Waals surface area contributed by atoms with Gasteiger partial charge in [0.05, 0.1) is 20.4 Å². The van der Waals surface area contributed by atoms with Crippen molar-refractivity contribution in [1.29, 1.82) is 0 Å². The van der Waals surface area contributed by atoms with Crippen molar-refractivity contribution in [2.24, 2.45) is 5.10 Å². The average Bonchev–Trinajstić information content (AvgIpc) is 2.78. The Labute approximate surface area is 168 Å². The Bertz CT molecular complexity index is 1220. The van der Waals surface area contributed by atoms with E-state index in [0.717, 1.165) is 32.9 Å². The van der Waals surface area contributed by atoms with E-state index >= 15 is 0 Å². The van der Waals surface area contributed by atoms with Gasteiger partial charge in [-0.1, -0.05) is 48.5 Å². The van der Waals surface area contributed by atoms with Crippen molar-refractivity contribution in [2.75, 3.05) is 14.2 Å². The number of hydrogen-bond donors (Lipinski definition) is 1. The van der Waals surface area contributed by atoms with Crippen molar-refractivity contribution in [3.05, 3.63) is 83.9 Å².